The fraction of sp³-hybridized carbons (Fsp3) is 0.400. The molecule has 1 fully saturated rings. The van der Waals surface area contributed by atoms with Crippen molar-refractivity contribution >= 4 is 5.91 Å². The van der Waals surface area contributed by atoms with Crippen LogP contribution in [0.5, 0.6) is 5.75 Å². The van der Waals surface area contributed by atoms with Gasteiger partial charge in [-0.25, -0.2) is 0 Å². The van der Waals surface area contributed by atoms with E-state index in [1.807, 2.05) is 29.2 Å². The monoisotopic (exact) mass is 340 g/mol. The smallest absolute Gasteiger partial charge is 0.223 e. The molecule has 132 valence electrons. The Hall–Kier alpha value is -2.40. The molecule has 5 heteroatoms. The van der Waals surface area contributed by atoms with Gasteiger partial charge < -0.3 is 14.7 Å². The Bertz CT molecular complexity index is 684. The quantitative estimate of drug-likeness (QED) is 0.842. The summed E-state index contributed by atoms with van der Waals surface area (Å²) >= 11 is 0. The number of hydrogen-bond acceptors (Lipinski definition) is 4. The van der Waals surface area contributed by atoms with E-state index in [1.165, 1.54) is 0 Å². The van der Waals surface area contributed by atoms with Gasteiger partial charge in [-0.1, -0.05) is 18.2 Å². The Morgan fingerprint density at radius 2 is 2.04 bits per heavy atom. The van der Waals surface area contributed by atoms with Crippen LogP contribution in [-0.2, 0) is 22.5 Å². The normalized spacial score (nSPS) is 16.7. The third-order valence-electron chi connectivity index (χ3n) is 4.53. The van der Waals surface area contributed by atoms with E-state index in [1.54, 1.807) is 24.5 Å². The van der Waals surface area contributed by atoms with Gasteiger partial charge in [0.15, 0.2) is 0 Å². The van der Waals surface area contributed by atoms with Gasteiger partial charge in [0, 0.05) is 44.1 Å². The fourth-order valence-electron chi connectivity index (χ4n) is 3.10. The van der Waals surface area contributed by atoms with E-state index in [0.717, 1.165) is 30.6 Å². The molecule has 1 amide bonds. The summed E-state index contributed by atoms with van der Waals surface area (Å²) in [7, 11) is 0. The molecule has 0 aliphatic carbocycles. The van der Waals surface area contributed by atoms with Crippen molar-refractivity contribution < 1.29 is 14.6 Å². The van der Waals surface area contributed by atoms with Crippen molar-refractivity contribution in [3.8, 4) is 5.75 Å². The highest BCUT2D eigenvalue weighted by molar-refractivity contribution is 5.76. The van der Waals surface area contributed by atoms with E-state index in [2.05, 4.69) is 4.98 Å². The van der Waals surface area contributed by atoms with Crippen molar-refractivity contribution in [2.24, 2.45) is 0 Å². The second-order valence-corrected chi connectivity index (χ2v) is 6.39. The Morgan fingerprint density at radius 3 is 2.76 bits per heavy atom. The van der Waals surface area contributed by atoms with Gasteiger partial charge in [-0.2, -0.15) is 0 Å². The van der Waals surface area contributed by atoms with E-state index in [-0.39, 0.29) is 17.8 Å². The van der Waals surface area contributed by atoms with Gasteiger partial charge in [0.25, 0.3) is 0 Å². The molecule has 25 heavy (non-hydrogen) atoms. The SMILES string of the molecule is O=C(CCc1ccncc1)N(Cc1ccccc1O)C[C@@H]1CCCO1. The van der Waals surface area contributed by atoms with Crippen LogP contribution in [0, 0.1) is 0 Å². The van der Waals surface area contributed by atoms with Crippen LogP contribution < -0.4 is 0 Å². The molecule has 1 aliphatic rings. The maximum absolute atomic E-state index is 12.8. The van der Waals surface area contributed by atoms with Gasteiger partial charge >= 0.3 is 0 Å². The summed E-state index contributed by atoms with van der Waals surface area (Å²) in [5.74, 6) is 0.303. The highest BCUT2D eigenvalue weighted by Gasteiger charge is 2.23. The van der Waals surface area contributed by atoms with Crippen LogP contribution >= 0.6 is 0 Å². The van der Waals surface area contributed by atoms with Crippen LogP contribution in [-0.4, -0.2) is 40.2 Å². The van der Waals surface area contributed by atoms with Gasteiger partial charge in [0.05, 0.1) is 6.10 Å². The summed E-state index contributed by atoms with van der Waals surface area (Å²) in [6.07, 6.45) is 6.72. The number of phenolic OH excluding ortho intramolecular Hbond substituents is 1. The van der Waals surface area contributed by atoms with Crippen molar-refractivity contribution in [1.29, 1.82) is 0 Å². The Morgan fingerprint density at radius 1 is 1.24 bits per heavy atom. The number of aromatic hydroxyl groups is 1. The number of aryl methyl sites for hydroxylation is 1. The summed E-state index contributed by atoms with van der Waals surface area (Å²) in [4.78, 5) is 18.6. The van der Waals surface area contributed by atoms with Crippen LogP contribution in [0.4, 0.5) is 0 Å². The zero-order valence-electron chi connectivity index (χ0n) is 14.3. The Labute approximate surface area is 148 Å². The van der Waals surface area contributed by atoms with Crippen LogP contribution in [0.2, 0.25) is 0 Å². The molecule has 3 rings (SSSR count). The number of benzene rings is 1. The molecule has 5 nitrogen and oxygen atoms in total. The first-order valence-electron chi connectivity index (χ1n) is 8.77. The Balaban J connectivity index is 1.66. The lowest BCUT2D eigenvalue weighted by atomic mass is 10.1. The number of amides is 1. The average molecular weight is 340 g/mol. The second-order valence-electron chi connectivity index (χ2n) is 6.39. The van der Waals surface area contributed by atoms with Gasteiger partial charge in [0.1, 0.15) is 5.75 Å². The molecule has 1 atom stereocenters. The molecule has 0 radical (unpaired) electrons. The molecule has 1 aliphatic heterocycles. The van der Waals surface area contributed by atoms with Crippen molar-refractivity contribution in [1.82, 2.24) is 9.88 Å². The number of carbonyl (C=O) groups excluding carboxylic acids is 1. The lowest BCUT2D eigenvalue weighted by Gasteiger charge is -2.26. The molecule has 2 heterocycles. The zero-order valence-corrected chi connectivity index (χ0v) is 14.3. The van der Waals surface area contributed by atoms with Gasteiger partial charge in [-0.05, 0) is 43.0 Å². The van der Waals surface area contributed by atoms with Crippen molar-refractivity contribution in [2.45, 2.75) is 38.3 Å². The largest absolute Gasteiger partial charge is 0.508 e. The first-order chi connectivity index (χ1) is 12.2. The van der Waals surface area contributed by atoms with E-state index < -0.39 is 0 Å². The topological polar surface area (TPSA) is 62.7 Å². The summed E-state index contributed by atoms with van der Waals surface area (Å²) in [5.41, 5.74) is 1.86. The minimum Gasteiger partial charge on any atom is -0.508 e. The van der Waals surface area contributed by atoms with Crippen LogP contribution in [0.3, 0.4) is 0 Å². The molecule has 1 aromatic heterocycles. The lowest BCUT2D eigenvalue weighted by molar-refractivity contribution is -0.133. The number of ether oxygens (including phenoxy) is 1. The molecule has 0 unspecified atom stereocenters. The van der Waals surface area contributed by atoms with Crippen LogP contribution in [0.25, 0.3) is 0 Å². The minimum absolute atomic E-state index is 0.0792. The molecule has 2 aromatic rings. The summed E-state index contributed by atoms with van der Waals surface area (Å²) in [6, 6.07) is 11.0. The first-order valence-corrected chi connectivity index (χ1v) is 8.77. The van der Waals surface area contributed by atoms with E-state index in [4.69, 9.17) is 4.74 Å². The molecule has 1 aromatic carbocycles. The molecule has 0 bridgehead atoms. The number of pyridine rings is 1. The van der Waals surface area contributed by atoms with Gasteiger partial charge in [-0.3, -0.25) is 9.78 Å². The number of hydrogen-bond donors (Lipinski definition) is 1. The van der Waals surface area contributed by atoms with Crippen LogP contribution in [0.1, 0.15) is 30.4 Å². The second kappa shape index (κ2) is 8.62. The van der Waals surface area contributed by atoms with Crippen molar-refractivity contribution in [3.63, 3.8) is 0 Å². The zero-order chi connectivity index (χ0) is 17.5. The van der Waals surface area contributed by atoms with E-state index >= 15 is 0 Å². The number of para-hydroxylation sites is 1. The molecular formula is C20H24N2O3. The maximum atomic E-state index is 12.8. The van der Waals surface area contributed by atoms with Gasteiger partial charge in [-0.15, -0.1) is 0 Å². The Kier molecular flexibility index (Phi) is 6.01. The summed E-state index contributed by atoms with van der Waals surface area (Å²) in [5, 5.41) is 10.0. The number of aromatic nitrogens is 1. The minimum atomic E-state index is 0.0792. The molecule has 1 N–H and O–H groups in total. The highest BCUT2D eigenvalue weighted by Crippen LogP contribution is 2.21. The first kappa shape index (κ1) is 17.4. The number of rotatable bonds is 7. The highest BCUT2D eigenvalue weighted by atomic mass is 16.5. The molecule has 0 spiro atoms. The summed E-state index contributed by atoms with van der Waals surface area (Å²) in [6.45, 7) is 1.74. The van der Waals surface area contributed by atoms with Crippen molar-refractivity contribution in [3.05, 3.63) is 59.9 Å². The standard InChI is InChI=1S/C20H24N2O3/c23-19-6-2-1-4-17(19)14-22(15-18-5-3-13-25-18)20(24)8-7-16-9-11-21-12-10-16/h1-2,4,6,9-12,18,23H,3,5,7-8,13-15H2/t18-/m0/s1. The van der Waals surface area contributed by atoms with E-state index in [9.17, 15) is 9.90 Å². The number of nitrogens with zero attached hydrogens (tertiary/aromatic N) is 2. The van der Waals surface area contributed by atoms with Crippen LogP contribution in [0.15, 0.2) is 48.8 Å². The van der Waals surface area contributed by atoms with E-state index in [0.29, 0.717) is 25.9 Å². The molecule has 0 saturated carbocycles. The predicted octanol–water partition coefficient (Wildman–Crippen LogP) is 2.93. The third-order valence-corrected chi connectivity index (χ3v) is 4.53. The maximum Gasteiger partial charge on any atom is 0.223 e. The van der Waals surface area contributed by atoms with Crippen molar-refractivity contribution in [2.75, 3.05) is 13.2 Å². The average Bonchev–Trinajstić information content (AvgIpc) is 3.15. The number of phenols is 1. The summed E-state index contributed by atoms with van der Waals surface area (Å²) < 4.78 is 5.70. The van der Waals surface area contributed by atoms with Gasteiger partial charge in [0.2, 0.25) is 5.91 Å². The fourth-order valence-corrected chi connectivity index (χ4v) is 3.10. The predicted molar refractivity (Wildman–Crippen MR) is 95.1 cm³/mol. The molecular weight excluding hydrogens is 316 g/mol. The third kappa shape index (κ3) is 5.03. The molecule has 1 saturated heterocycles. The lowest BCUT2D eigenvalue weighted by Crippen LogP contribution is -2.37. The number of carbonyl (C=O) groups is 1.